The van der Waals surface area contributed by atoms with Crippen molar-refractivity contribution >= 4 is 11.6 Å². The second-order valence-corrected chi connectivity index (χ2v) is 6.66. The molecule has 22 heavy (non-hydrogen) atoms. The number of allylic oxidation sites excluding steroid dienone is 8. The van der Waals surface area contributed by atoms with Gasteiger partial charge in [0.05, 0.1) is 5.38 Å². The summed E-state index contributed by atoms with van der Waals surface area (Å²) in [5, 5.41) is 0.205. The summed E-state index contributed by atoms with van der Waals surface area (Å²) in [5.74, 6) is 1.11. The van der Waals surface area contributed by atoms with Crippen LogP contribution in [0.15, 0.2) is 78.4 Å². The number of hydrogen-bond acceptors (Lipinski definition) is 0. The van der Waals surface area contributed by atoms with Gasteiger partial charge in [-0.3, -0.25) is 0 Å². The molecule has 0 spiro atoms. The molecule has 0 nitrogen and oxygen atoms in total. The van der Waals surface area contributed by atoms with E-state index in [1.54, 1.807) is 0 Å². The second-order valence-electron chi connectivity index (χ2n) is 6.14. The van der Waals surface area contributed by atoms with Crippen molar-refractivity contribution in [2.24, 2.45) is 5.92 Å². The maximum absolute atomic E-state index is 6.38. The Morgan fingerprint density at radius 3 is 2.64 bits per heavy atom. The molecule has 0 aromatic heterocycles. The lowest BCUT2D eigenvalue weighted by atomic mass is 9.80. The first-order valence-corrected chi connectivity index (χ1v) is 8.68. The smallest absolute Gasteiger partial charge is 0.0582 e. The maximum atomic E-state index is 6.38. The lowest BCUT2D eigenvalue weighted by Gasteiger charge is -2.25. The quantitative estimate of drug-likeness (QED) is 0.570. The van der Waals surface area contributed by atoms with Crippen LogP contribution in [0.3, 0.4) is 0 Å². The summed E-state index contributed by atoms with van der Waals surface area (Å²) in [6, 6.07) is 10.8. The monoisotopic (exact) mass is 310 g/mol. The van der Waals surface area contributed by atoms with Gasteiger partial charge in [-0.1, -0.05) is 78.4 Å². The summed E-state index contributed by atoms with van der Waals surface area (Å²) in [4.78, 5) is 0. The van der Waals surface area contributed by atoms with Crippen LogP contribution in [0, 0.1) is 5.92 Å². The Morgan fingerprint density at radius 1 is 1.00 bits per heavy atom. The van der Waals surface area contributed by atoms with Gasteiger partial charge >= 0.3 is 0 Å². The summed E-state index contributed by atoms with van der Waals surface area (Å²) in [5.41, 5.74) is 2.82. The van der Waals surface area contributed by atoms with Crippen LogP contribution in [0.5, 0.6) is 0 Å². The summed E-state index contributed by atoms with van der Waals surface area (Å²) in [6.45, 7) is 0. The number of hydrogen-bond donors (Lipinski definition) is 0. The molecule has 0 heterocycles. The average molecular weight is 311 g/mol. The number of rotatable bonds is 5. The van der Waals surface area contributed by atoms with Crippen molar-refractivity contribution < 1.29 is 0 Å². The fourth-order valence-electron chi connectivity index (χ4n) is 3.39. The van der Waals surface area contributed by atoms with Crippen LogP contribution in [0.1, 0.15) is 37.2 Å². The van der Waals surface area contributed by atoms with Gasteiger partial charge in [0.15, 0.2) is 0 Å². The van der Waals surface area contributed by atoms with E-state index >= 15 is 0 Å². The van der Waals surface area contributed by atoms with Crippen LogP contribution < -0.4 is 0 Å². The zero-order valence-electron chi connectivity index (χ0n) is 12.9. The number of alkyl halides is 1. The van der Waals surface area contributed by atoms with Gasteiger partial charge in [0.25, 0.3) is 0 Å². The van der Waals surface area contributed by atoms with E-state index in [-0.39, 0.29) is 5.38 Å². The van der Waals surface area contributed by atoms with Crippen LogP contribution >= 0.6 is 11.6 Å². The molecule has 0 amide bonds. The molecule has 2 aliphatic carbocycles. The van der Waals surface area contributed by atoms with E-state index < -0.39 is 0 Å². The van der Waals surface area contributed by atoms with Crippen molar-refractivity contribution in [2.75, 3.05) is 0 Å². The fourth-order valence-corrected chi connectivity index (χ4v) is 3.67. The van der Waals surface area contributed by atoms with E-state index in [2.05, 4.69) is 72.9 Å². The normalized spacial score (nSPS) is 27.0. The van der Waals surface area contributed by atoms with E-state index in [1.165, 1.54) is 24.0 Å². The molecule has 3 unspecified atom stereocenters. The third-order valence-electron chi connectivity index (χ3n) is 4.63. The molecule has 1 aromatic rings. The number of halogens is 1. The van der Waals surface area contributed by atoms with E-state index in [0.717, 1.165) is 12.8 Å². The van der Waals surface area contributed by atoms with E-state index in [0.29, 0.717) is 11.8 Å². The minimum atomic E-state index is 0.205. The van der Waals surface area contributed by atoms with Crippen LogP contribution in [0.25, 0.3) is 0 Å². The van der Waals surface area contributed by atoms with Gasteiger partial charge in [0.1, 0.15) is 0 Å². The summed E-state index contributed by atoms with van der Waals surface area (Å²) in [6.07, 6.45) is 20.1. The Kier molecular flexibility index (Phi) is 5.34. The van der Waals surface area contributed by atoms with Gasteiger partial charge in [0.2, 0.25) is 0 Å². The summed E-state index contributed by atoms with van der Waals surface area (Å²) >= 11 is 6.38. The van der Waals surface area contributed by atoms with Crippen molar-refractivity contribution in [1.82, 2.24) is 0 Å². The standard InChI is InChI=1S/C21H23Cl/c22-21-16-7-5-12-19(21)14-8-13-18-11-4-6-15-20(18)17-9-2-1-3-10-17/h1-7,9-12,15,18,20-21H,8,13-14,16H2. The highest BCUT2D eigenvalue weighted by molar-refractivity contribution is 6.22. The molecule has 0 aliphatic heterocycles. The van der Waals surface area contributed by atoms with Gasteiger partial charge in [-0.15, -0.1) is 11.6 Å². The third-order valence-corrected chi connectivity index (χ3v) is 5.09. The zero-order valence-corrected chi connectivity index (χ0v) is 13.6. The highest BCUT2D eigenvalue weighted by Gasteiger charge is 2.20. The van der Waals surface area contributed by atoms with Gasteiger partial charge in [0, 0.05) is 5.92 Å². The topological polar surface area (TPSA) is 0 Å². The predicted molar refractivity (Wildman–Crippen MR) is 96.3 cm³/mol. The van der Waals surface area contributed by atoms with Crippen molar-refractivity contribution in [3.8, 4) is 0 Å². The average Bonchev–Trinajstić information content (AvgIpc) is 2.58. The molecule has 1 aromatic carbocycles. The molecular weight excluding hydrogens is 288 g/mol. The SMILES string of the molecule is ClC1CC=CC=C1CCCC1C=CC=CC1c1ccccc1. The molecule has 1 heteroatoms. The summed E-state index contributed by atoms with van der Waals surface area (Å²) in [7, 11) is 0. The van der Waals surface area contributed by atoms with Crippen LogP contribution in [-0.4, -0.2) is 5.38 Å². The lowest BCUT2D eigenvalue weighted by molar-refractivity contribution is 0.508. The minimum Gasteiger partial charge on any atom is -0.118 e. The highest BCUT2D eigenvalue weighted by Crippen LogP contribution is 2.34. The third kappa shape index (κ3) is 3.81. The Labute approximate surface area is 138 Å². The Morgan fingerprint density at radius 2 is 1.82 bits per heavy atom. The molecule has 0 saturated carbocycles. The number of benzene rings is 1. The summed E-state index contributed by atoms with van der Waals surface area (Å²) < 4.78 is 0. The first-order chi connectivity index (χ1) is 10.8. The zero-order chi connectivity index (χ0) is 15.2. The lowest BCUT2D eigenvalue weighted by Crippen LogP contribution is -2.12. The maximum Gasteiger partial charge on any atom is 0.0582 e. The van der Waals surface area contributed by atoms with Gasteiger partial charge in [-0.25, -0.2) is 0 Å². The fraction of sp³-hybridized carbons (Fsp3) is 0.333. The van der Waals surface area contributed by atoms with Crippen molar-refractivity contribution in [3.05, 3.63) is 84.0 Å². The highest BCUT2D eigenvalue weighted by atomic mass is 35.5. The Balaban J connectivity index is 1.59. The van der Waals surface area contributed by atoms with Crippen molar-refractivity contribution in [2.45, 2.75) is 37.0 Å². The molecular formula is C21H23Cl. The van der Waals surface area contributed by atoms with Gasteiger partial charge in [-0.05, 0) is 37.2 Å². The molecule has 0 saturated heterocycles. The van der Waals surface area contributed by atoms with E-state index in [9.17, 15) is 0 Å². The van der Waals surface area contributed by atoms with Gasteiger partial charge in [-0.2, -0.15) is 0 Å². The molecule has 2 aliphatic rings. The largest absolute Gasteiger partial charge is 0.118 e. The predicted octanol–water partition coefficient (Wildman–Crippen LogP) is 6.18. The second kappa shape index (κ2) is 7.65. The Bertz CT molecular complexity index is 592. The molecule has 3 atom stereocenters. The van der Waals surface area contributed by atoms with Crippen molar-refractivity contribution in [1.29, 1.82) is 0 Å². The molecule has 114 valence electrons. The molecule has 0 N–H and O–H groups in total. The first-order valence-electron chi connectivity index (χ1n) is 8.24. The van der Waals surface area contributed by atoms with E-state index in [4.69, 9.17) is 11.6 Å². The molecule has 0 radical (unpaired) electrons. The van der Waals surface area contributed by atoms with Gasteiger partial charge < -0.3 is 0 Å². The van der Waals surface area contributed by atoms with Crippen LogP contribution in [0.4, 0.5) is 0 Å². The first kappa shape index (κ1) is 15.4. The van der Waals surface area contributed by atoms with Crippen molar-refractivity contribution in [3.63, 3.8) is 0 Å². The van der Waals surface area contributed by atoms with E-state index in [1.807, 2.05) is 0 Å². The minimum absolute atomic E-state index is 0.205. The molecule has 0 bridgehead atoms. The van der Waals surface area contributed by atoms with Crippen LogP contribution in [-0.2, 0) is 0 Å². The molecule has 3 rings (SSSR count). The molecule has 0 fully saturated rings. The Hall–Kier alpha value is -1.53. The van der Waals surface area contributed by atoms with Crippen LogP contribution in [0.2, 0.25) is 0 Å².